The van der Waals surface area contributed by atoms with E-state index in [-0.39, 0.29) is 17.1 Å². The van der Waals surface area contributed by atoms with E-state index < -0.39 is 27.3 Å². The Bertz CT molecular complexity index is 1250. The number of aromatic nitrogens is 2. The predicted molar refractivity (Wildman–Crippen MR) is 115 cm³/mol. The summed E-state index contributed by atoms with van der Waals surface area (Å²) in [5, 5.41) is 7.19. The Hall–Kier alpha value is -3.26. The highest BCUT2D eigenvalue weighted by atomic mass is 32.2. The molecule has 1 aromatic heterocycles. The van der Waals surface area contributed by atoms with Crippen LogP contribution in [-0.4, -0.2) is 41.7 Å². The van der Waals surface area contributed by atoms with E-state index in [1.54, 1.807) is 0 Å². The average molecular weight is 423 g/mol. The Morgan fingerprint density at radius 3 is 2.20 bits per heavy atom. The van der Waals surface area contributed by atoms with E-state index in [4.69, 9.17) is 0 Å². The van der Waals surface area contributed by atoms with Gasteiger partial charge in [-0.15, -0.1) is 0 Å². The highest BCUT2D eigenvalue weighted by molar-refractivity contribution is 7.91. The largest absolute Gasteiger partial charge is 0.348 e. The summed E-state index contributed by atoms with van der Waals surface area (Å²) in [5.74, 6) is -0.667. The summed E-state index contributed by atoms with van der Waals surface area (Å²) in [4.78, 5) is 26.2. The first kappa shape index (κ1) is 20.0. The third-order valence-corrected chi connectivity index (χ3v) is 6.92. The minimum atomic E-state index is -3.17. The zero-order valence-electron chi connectivity index (χ0n) is 16.4. The lowest BCUT2D eigenvalue weighted by Crippen LogP contribution is -2.40. The lowest BCUT2D eigenvalue weighted by atomic mass is 9.95. The van der Waals surface area contributed by atoms with E-state index in [0.29, 0.717) is 23.2 Å². The molecule has 0 saturated carbocycles. The Morgan fingerprint density at radius 2 is 1.63 bits per heavy atom. The van der Waals surface area contributed by atoms with Crippen molar-refractivity contribution in [3.05, 3.63) is 76.6 Å². The minimum Gasteiger partial charge on any atom is -0.348 e. The van der Waals surface area contributed by atoms with Crippen molar-refractivity contribution in [3.8, 4) is 22.4 Å². The van der Waals surface area contributed by atoms with E-state index in [2.05, 4.69) is 10.4 Å². The Labute approximate surface area is 174 Å². The average Bonchev–Trinajstić information content (AvgIpc) is 3.08. The van der Waals surface area contributed by atoms with Gasteiger partial charge in [0, 0.05) is 24.2 Å². The van der Waals surface area contributed by atoms with Crippen molar-refractivity contribution in [2.75, 3.05) is 11.5 Å². The van der Waals surface area contributed by atoms with E-state index in [0.717, 1.165) is 10.2 Å². The Balaban J connectivity index is 1.90. The molecule has 0 bridgehead atoms. The predicted octanol–water partition coefficient (Wildman–Crippen LogP) is 2.03. The van der Waals surface area contributed by atoms with Gasteiger partial charge in [0.25, 0.3) is 11.5 Å². The van der Waals surface area contributed by atoms with Crippen molar-refractivity contribution in [2.24, 2.45) is 7.05 Å². The third kappa shape index (κ3) is 3.91. The van der Waals surface area contributed by atoms with Gasteiger partial charge in [0.2, 0.25) is 0 Å². The fourth-order valence-corrected chi connectivity index (χ4v) is 5.37. The molecule has 30 heavy (non-hydrogen) atoms. The molecule has 1 saturated heterocycles. The highest BCUT2D eigenvalue weighted by Crippen LogP contribution is 2.32. The molecule has 8 heteroatoms. The molecule has 1 unspecified atom stereocenters. The summed E-state index contributed by atoms with van der Waals surface area (Å²) in [6, 6.07) is 18.0. The first-order valence-electron chi connectivity index (χ1n) is 9.59. The maximum absolute atomic E-state index is 13.2. The van der Waals surface area contributed by atoms with Gasteiger partial charge in [-0.3, -0.25) is 9.59 Å². The number of rotatable bonds is 4. The van der Waals surface area contributed by atoms with Gasteiger partial charge < -0.3 is 5.32 Å². The molecule has 0 aliphatic carbocycles. The van der Waals surface area contributed by atoms with Crippen LogP contribution in [0.2, 0.25) is 0 Å². The van der Waals surface area contributed by atoms with Crippen LogP contribution >= 0.6 is 0 Å². The van der Waals surface area contributed by atoms with E-state index in [9.17, 15) is 18.0 Å². The molecule has 3 aromatic rings. The second kappa shape index (κ2) is 7.87. The zero-order valence-corrected chi connectivity index (χ0v) is 17.2. The fraction of sp³-hybridized carbons (Fsp3) is 0.227. The Kier molecular flexibility index (Phi) is 5.26. The number of carbonyl (C=O) groups is 1. The summed E-state index contributed by atoms with van der Waals surface area (Å²) in [6.45, 7) is 0. The van der Waals surface area contributed by atoms with Crippen molar-refractivity contribution in [2.45, 2.75) is 12.5 Å². The van der Waals surface area contributed by atoms with Crippen LogP contribution in [0.3, 0.4) is 0 Å². The quantitative estimate of drug-likeness (QED) is 0.692. The maximum Gasteiger partial charge on any atom is 0.280 e. The molecular weight excluding hydrogens is 402 g/mol. The first-order chi connectivity index (χ1) is 14.4. The number of hydrogen-bond donors (Lipinski definition) is 1. The number of amides is 1. The number of sulfone groups is 1. The van der Waals surface area contributed by atoms with E-state index in [1.807, 2.05) is 60.7 Å². The topological polar surface area (TPSA) is 98.1 Å². The lowest BCUT2D eigenvalue weighted by Gasteiger charge is -2.17. The number of nitrogens with zero attached hydrogens (tertiary/aromatic N) is 2. The number of carbonyl (C=O) groups excluding carboxylic acids is 1. The van der Waals surface area contributed by atoms with Crippen molar-refractivity contribution in [1.82, 2.24) is 15.1 Å². The smallest absolute Gasteiger partial charge is 0.280 e. The zero-order chi connectivity index (χ0) is 21.3. The molecule has 154 valence electrons. The van der Waals surface area contributed by atoms with Gasteiger partial charge in [-0.2, -0.15) is 5.10 Å². The van der Waals surface area contributed by atoms with Crippen LogP contribution in [-0.2, 0) is 16.9 Å². The Morgan fingerprint density at radius 1 is 1.03 bits per heavy atom. The summed E-state index contributed by atoms with van der Waals surface area (Å²) in [6.07, 6.45) is 0.339. The summed E-state index contributed by atoms with van der Waals surface area (Å²) >= 11 is 0. The summed E-state index contributed by atoms with van der Waals surface area (Å²) in [5.41, 5.74) is 1.82. The summed E-state index contributed by atoms with van der Waals surface area (Å²) < 4.78 is 24.7. The highest BCUT2D eigenvalue weighted by Gasteiger charge is 2.31. The number of hydrogen-bond acceptors (Lipinski definition) is 5. The van der Waals surface area contributed by atoms with Crippen LogP contribution in [0.15, 0.2) is 65.5 Å². The molecule has 1 atom stereocenters. The molecular formula is C22H21N3O4S. The molecule has 1 aliphatic heterocycles. The van der Waals surface area contributed by atoms with Gasteiger partial charge in [-0.1, -0.05) is 60.7 Å². The molecule has 1 N–H and O–H groups in total. The molecule has 1 aliphatic rings. The van der Waals surface area contributed by atoms with Crippen LogP contribution in [0.1, 0.15) is 16.8 Å². The van der Waals surface area contributed by atoms with Crippen molar-refractivity contribution in [3.63, 3.8) is 0 Å². The van der Waals surface area contributed by atoms with Gasteiger partial charge in [0.1, 0.15) is 5.56 Å². The molecule has 4 rings (SSSR count). The number of benzene rings is 2. The standard InChI is InChI=1S/C22H21N3O4S/c1-25-22(27)19(21(26)23-17-12-13-30(28,29)14-17)18(15-8-4-2-5-9-15)20(24-25)16-10-6-3-7-11-16/h2-11,17H,12-14H2,1H3,(H,23,26). The molecule has 0 radical (unpaired) electrons. The fourth-order valence-electron chi connectivity index (χ4n) is 3.69. The third-order valence-electron chi connectivity index (χ3n) is 5.15. The maximum atomic E-state index is 13.2. The molecule has 1 amide bonds. The van der Waals surface area contributed by atoms with Crippen LogP contribution in [0.4, 0.5) is 0 Å². The molecule has 2 aromatic carbocycles. The molecule has 1 fully saturated rings. The first-order valence-corrected chi connectivity index (χ1v) is 11.4. The van der Waals surface area contributed by atoms with Gasteiger partial charge >= 0.3 is 0 Å². The second-order valence-electron chi connectivity index (χ2n) is 7.33. The second-order valence-corrected chi connectivity index (χ2v) is 9.56. The number of aryl methyl sites for hydroxylation is 1. The molecule has 0 spiro atoms. The SMILES string of the molecule is Cn1nc(-c2ccccc2)c(-c2ccccc2)c(C(=O)NC2CCS(=O)(=O)C2)c1=O. The lowest BCUT2D eigenvalue weighted by molar-refractivity contribution is 0.0939. The molecule has 2 heterocycles. The van der Waals surface area contributed by atoms with Gasteiger partial charge in [-0.05, 0) is 12.0 Å². The van der Waals surface area contributed by atoms with E-state index >= 15 is 0 Å². The van der Waals surface area contributed by atoms with Crippen molar-refractivity contribution >= 4 is 15.7 Å². The van der Waals surface area contributed by atoms with Crippen LogP contribution in [0.5, 0.6) is 0 Å². The van der Waals surface area contributed by atoms with Gasteiger partial charge in [0.05, 0.1) is 17.2 Å². The monoisotopic (exact) mass is 423 g/mol. The van der Waals surface area contributed by atoms with Gasteiger partial charge in [0.15, 0.2) is 9.84 Å². The van der Waals surface area contributed by atoms with Crippen molar-refractivity contribution in [1.29, 1.82) is 0 Å². The van der Waals surface area contributed by atoms with Crippen LogP contribution < -0.4 is 10.9 Å². The van der Waals surface area contributed by atoms with Crippen molar-refractivity contribution < 1.29 is 13.2 Å². The molecule has 7 nitrogen and oxygen atoms in total. The normalized spacial score (nSPS) is 17.6. The number of nitrogens with one attached hydrogen (secondary N) is 1. The van der Waals surface area contributed by atoms with Gasteiger partial charge in [-0.25, -0.2) is 13.1 Å². The van der Waals surface area contributed by atoms with E-state index in [1.165, 1.54) is 7.05 Å². The summed E-state index contributed by atoms with van der Waals surface area (Å²) in [7, 11) is -1.67. The van der Waals surface area contributed by atoms with Crippen LogP contribution in [0, 0.1) is 0 Å². The van der Waals surface area contributed by atoms with Crippen LogP contribution in [0.25, 0.3) is 22.4 Å². The minimum absolute atomic E-state index is 0.0348.